The molecule has 0 fully saturated rings. The molecule has 1 aromatic carbocycles. The molecule has 0 aliphatic rings. The van der Waals surface area contributed by atoms with Gasteiger partial charge in [0.05, 0.1) is 4.88 Å². The summed E-state index contributed by atoms with van der Waals surface area (Å²) in [6, 6.07) is 9.77. The molecule has 0 bridgehead atoms. The lowest BCUT2D eigenvalue weighted by Gasteiger charge is -2.21. The first kappa shape index (κ1) is 17.1. The Kier molecular flexibility index (Phi) is 6.29. The quantitative estimate of drug-likeness (QED) is 0.846. The number of benzene rings is 1. The van der Waals surface area contributed by atoms with Gasteiger partial charge < -0.3 is 10.2 Å². The van der Waals surface area contributed by atoms with Crippen LogP contribution in [0.2, 0.25) is 0 Å². The summed E-state index contributed by atoms with van der Waals surface area (Å²) in [4.78, 5) is 26.3. The highest BCUT2D eigenvalue weighted by molar-refractivity contribution is 7.12. The second kappa shape index (κ2) is 8.43. The van der Waals surface area contributed by atoms with E-state index in [1.54, 1.807) is 23.1 Å². The maximum atomic E-state index is 13.2. The topological polar surface area (TPSA) is 49.4 Å². The van der Waals surface area contributed by atoms with Crippen molar-refractivity contribution in [2.75, 3.05) is 13.1 Å². The van der Waals surface area contributed by atoms with Crippen molar-refractivity contribution in [3.63, 3.8) is 0 Å². The van der Waals surface area contributed by atoms with Gasteiger partial charge >= 0.3 is 0 Å². The van der Waals surface area contributed by atoms with Gasteiger partial charge in [-0.25, -0.2) is 4.39 Å². The van der Waals surface area contributed by atoms with E-state index in [9.17, 15) is 14.0 Å². The highest BCUT2D eigenvalue weighted by Crippen LogP contribution is 2.09. The molecule has 2 aromatic rings. The monoisotopic (exact) mass is 334 g/mol. The second-order valence-corrected chi connectivity index (χ2v) is 5.97. The van der Waals surface area contributed by atoms with Crippen LogP contribution in [-0.4, -0.2) is 29.8 Å². The molecule has 2 amide bonds. The lowest BCUT2D eigenvalue weighted by atomic mass is 10.2. The Hall–Kier alpha value is -2.21. The van der Waals surface area contributed by atoms with Crippen LogP contribution in [0.25, 0.3) is 0 Å². The Morgan fingerprint density at radius 2 is 2.09 bits per heavy atom. The number of nitrogens with zero attached hydrogens (tertiary/aromatic N) is 1. The van der Waals surface area contributed by atoms with Crippen LogP contribution in [0.3, 0.4) is 0 Å². The van der Waals surface area contributed by atoms with Crippen molar-refractivity contribution in [2.24, 2.45) is 0 Å². The number of halogens is 1. The summed E-state index contributed by atoms with van der Waals surface area (Å²) in [5.41, 5.74) is 0.753. The number of hydrogen-bond donors (Lipinski definition) is 1. The Balaban J connectivity index is 1.82. The predicted octanol–water partition coefficient (Wildman–Crippen LogP) is 3.06. The third-order valence-corrected chi connectivity index (χ3v) is 4.23. The Bertz CT molecular complexity index is 658. The van der Waals surface area contributed by atoms with Gasteiger partial charge in [0.15, 0.2) is 0 Å². The fourth-order valence-electron chi connectivity index (χ4n) is 2.17. The molecule has 0 unspecified atom stereocenters. The molecule has 0 aliphatic heterocycles. The molecule has 2 rings (SSSR count). The molecule has 122 valence electrons. The van der Waals surface area contributed by atoms with E-state index in [0.717, 1.165) is 5.56 Å². The summed E-state index contributed by atoms with van der Waals surface area (Å²) in [5.74, 6) is -0.543. The second-order valence-electron chi connectivity index (χ2n) is 5.02. The molecule has 1 aromatic heterocycles. The normalized spacial score (nSPS) is 10.3. The van der Waals surface area contributed by atoms with Crippen molar-refractivity contribution in [3.8, 4) is 0 Å². The summed E-state index contributed by atoms with van der Waals surface area (Å²) in [7, 11) is 0. The third kappa shape index (κ3) is 5.17. The van der Waals surface area contributed by atoms with Crippen LogP contribution in [0.5, 0.6) is 0 Å². The summed E-state index contributed by atoms with van der Waals surface area (Å²) in [6.45, 7) is 3.07. The van der Waals surface area contributed by atoms with E-state index in [1.165, 1.54) is 23.5 Å². The lowest BCUT2D eigenvalue weighted by molar-refractivity contribution is -0.131. The molecule has 0 saturated heterocycles. The third-order valence-electron chi connectivity index (χ3n) is 3.37. The Morgan fingerprint density at radius 3 is 2.74 bits per heavy atom. The van der Waals surface area contributed by atoms with Gasteiger partial charge in [-0.1, -0.05) is 18.2 Å². The molecule has 0 atom stereocenters. The zero-order valence-electron chi connectivity index (χ0n) is 12.9. The van der Waals surface area contributed by atoms with Crippen LogP contribution in [0, 0.1) is 5.82 Å². The molecule has 0 saturated carbocycles. The number of carbonyl (C=O) groups is 2. The van der Waals surface area contributed by atoms with E-state index in [1.807, 2.05) is 18.4 Å². The molecule has 0 radical (unpaired) electrons. The summed E-state index contributed by atoms with van der Waals surface area (Å²) in [5, 5.41) is 4.56. The minimum atomic E-state index is -0.311. The highest BCUT2D eigenvalue weighted by Gasteiger charge is 2.13. The van der Waals surface area contributed by atoms with Gasteiger partial charge in [-0.05, 0) is 36.1 Å². The van der Waals surface area contributed by atoms with Gasteiger partial charge in [-0.3, -0.25) is 9.59 Å². The first-order valence-corrected chi connectivity index (χ1v) is 8.32. The highest BCUT2D eigenvalue weighted by atomic mass is 32.1. The fourth-order valence-corrected chi connectivity index (χ4v) is 2.81. The maximum Gasteiger partial charge on any atom is 0.261 e. The van der Waals surface area contributed by atoms with Crippen molar-refractivity contribution >= 4 is 23.2 Å². The van der Waals surface area contributed by atoms with E-state index in [4.69, 9.17) is 0 Å². The lowest BCUT2D eigenvalue weighted by Crippen LogP contribution is -2.34. The van der Waals surface area contributed by atoms with Gasteiger partial charge in [0.2, 0.25) is 5.91 Å². The van der Waals surface area contributed by atoms with E-state index in [-0.39, 0.29) is 30.6 Å². The number of amides is 2. The zero-order chi connectivity index (χ0) is 16.7. The zero-order valence-corrected chi connectivity index (χ0v) is 13.7. The van der Waals surface area contributed by atoms with Crippen LogP contribution in [0.1, 0.15) is 28.6 Å². The molecule has 4 nitrogen and oxygen atoms in total. The minimum Gasteiger partial charge on any atom is -0.351 e. The summed E-state index contributed by atoms with van der Waals surface area (Å²) in [6.07, 6.45) is 0.222. The van der Waals surface area contributed by atoms with Crippen molar-refractivity contribution in [3.05, 3.63) is 58.0 Å². The molecular formula is C17H19FN2O2S. The van der Waals surface area contributed by atoms with E-state index < -0.39 is 0 Å². The molecule has 0 spiro atoms. The number of carbonyl (C=O) groups excluding carboxylic acids is 2. The number of rotatable bonds is 7. The van der Waals surface area contributed by atoms with E-state index in [2.05, 4.69) is 5.32 Å². The average molecular weight is 334 g/mol. The molecule has 23 heavy (non-hydrogen) atoms. The van der Waals surface area contributed by atoms with E-state index >= 15 is 0 Å². The van der Waals surface area contributed by atoms with Crippen LogP contribution in [-0.2, 0) is 11.3 Å². The van der Waals surface area contributed by atoms with Gasteiger partial charge in [0.25, 0.3) is 5.91 Å². The summed E-state index contributed by atoms with van der Waals surface area (Å²) < 4.78 is 13.2. The van der Waals surface area contributed by atoms with Crippen molar-refractivity contribution in [1.29, 1.82) is 0 Å². The smallest absolute Gasteiger partial charge is 0.261 e. The number of nitrogens with one attached hydrogen (secondary N) is 1. The van der Waals surface area contributed by atoms with Crippen LogP contribution >= 0.6 is 11.3 Å². The molecule has 0 aliphatic carbocycles. The number of thiophene rings is 1. The maximum absolute atomic E-state index is 13.2. The minimum absolute atomic E-state index is 0.0664. The van der Waals surface area contributed by atoms with Gasteiger partial charge in [0.1, 0.15) is 5.82 Å². The van der Waals surface area contributed by atoms with Gasteiger partial charge in [-0.2, -0.15) is 0 Å². The van der Waals surface area contributed by atoms with Crippen LogP contribution in [0.4, 0.5) is 4.39 Å². The fraction of sp³-hybridized carbons (Fsp3) is 0.294. The van der Waals surface area contributed by atoms with Gasteiger partial charge in [0, 0.05) is 26.1 Å². The van der Waals surface area contributed by atoms with Gasteiger partial charge in [-0.15, -0.1) is 11.3 Å². The number of hydrogen-bond acceptors (Lipinski definition) is 3. The molecule has 1 N–H and O–H groups in total. The Labute approximate surface area is 138 Å². The standard InChI is InChI=1S/C17H19FN2O2S/c1-2-20(12-13-5-3-6-14(18)11-13)16(21)8-9-19-17(22)15-7-4-10-23-15/h3-7,10-11H,2,8-9,12H2,1H3,(H,19,22). The molecule has 1 heterocycles. The van der Waals surface area contributed by atoms with Crippen molar-refractivity contribution < 1.29 is 14.0 Å². The largest absolute Gasteiger partial charge is 0.351 e. The van der Waals surface area contributed by atoms with Crippen LogP contribution < -0.4 is 5.32 Å². The first-order chi connectivity index (χ1) is 11.1. The van der Waals surface area contributed by atoms with Crippen LogP contribution in [0.15, 0.2) is 41.8 Å². The predicted molar refractivity (Wildman–Crippen MR) is 88.8 cm³/mol. The summed E-state index contributed by atoms with van der Waals surface area (Å²) >= 11 is 1.36. The molecular weight excluding hydrogens is 315 g/mol. The van der Waals surface area contributed by atoms with E-state index in [0.29, 0.717) is 18.0 Å². The van der Waals surface area contributed by atoms with Crippen molar-refractivity contribution in [2.45, 2.75) is 19.9 Å². The molecule has 6 heteroatoms. The Morgan fingerprint density at radius 1 is 1.26 bits per heavy atom. The SMILES string of the molecule is CCN(Cc1cccc(F)c1)C(=O)CCNC(=O)c1cccs1. The first-order valence-electron chi connectivity index (χ1n) is 7.44. The van der Waals surface area contributed by atoms with Crippen molar-refractivity contribution in [1.82, 2.24) is 10.2 Å². The average Bonchev–Trinajstić information content (AvgIpc) is 3.07.